The second-order valence-electron chi connectivity index (χ2n) is 5.62. The molecule has 19 heavy (non-hydrogen) atoms. The van der Waals surface area contributed by atoms with Crippen LogP contribution < -0.4 is 10.6 Å². The maximum absolute atomic E-state index is 11.9. The number of urea groups is 1. The molecule has 1 aliphatic heterocycles. The van der Waals surface area contributed by atoms with Crippen LogP contribution in [0.1, 0.15) is 38.5 Å². The molecule has 0 bridgehead atoms. The minimum absolute atomic E-state index is 0.0275. The highest BCUT2D eigenvalue weighted by molar-refractivity contribution is 7.99. The molecule has 1 atom stereocenters. The monoisotopic (exact) mass is 286 g/mol. The molecule has 0 aromatic carbocycles. The van der Waals surface area contributed by atoms with Gasteiger partial charge in [0.25, 0.3) is 0 Å². The summed E-state index contributed by atoms with van der Waals surface area (Å²) in [5, 5.41) is 14.8. The van der Waals surface area contributed by atoms with Crippen LogP contribution in [0, 0.1) is 5.92 Å². The van der Waals surface area contributed by atoms with Gasteiger partial charge in [0.2, 0.25) is 0 Å². The van der Waals surface area contributed by atoms with Crippen molar-refractivity contribution in [1.29, 1.82) is 0 Å². The number of carboxylic acid groups (broad SMARTS) is 1. The summed E-state index contributed by atoms with van der Waals surface area (Å²) < 4.78 is 0. The Bertz CT molecular complexity index is 337. The van der Waals surface area contributed by atoms with E-state index in [9.17, 15) is 9.59 Å². The van der Waals surface area contributed by atoms with Crippen LogP contribution in [0.5, 0.6) is 0 Å². The fourth-order valence-corrected chi connectivity index (χ4v) is 4.24. The molecule has 1 saturated heterocycles. The molecule has 0 aromatic rings. The molecule has 3 N–H and O–H groups in total. The molecular weight excluding hydrogens is 264 g/mol. The number of carbonyl (C=O) groups excluding carboxylic acids is 1. The van der Waals surface area contributed by atoms with Gasteiger partial charge < -0.3 is 15.7 Å². The van der Waals surface area contributed by atoms with E-state index in [-0.39, 0.29) is 12.5 Å². The third-order valence-corrected chi connectivity index (χ3v) is 5.24. The lowest BCUT2D eigenvalue weighted by Gasteiger charge is -2.29. The number of carboxylic acids is 1. The third-order valence-electron chi connectivity index (χ3n) is 4.00. The number of hydrogen-bond acceptors (Lipinski definition) is 3. The van der Waals surface area contributed by atoms with E-state index >= 15 is 0 Å². The van der Waals surface area contributed by atoms with Gasteiger partial charge in [0.1, 0.15) is 0 Å². The number of nitrogens with one attached hydrogen (secondary N) is 2. The molecule has 1 heterocycles. The first-order valence-corrected chi connectivity index (χ1v) is 8.11. The minimum Gasteiger partial charge on any atom is -0.481 e. The summed E-state index contributed by atoms with van der Waals surface area (Å²) >= 11 is 1.92. The van der Waals surface area contributed by atoms with E-state index in [4.69, 9.17) is 5.11 Å². The lowest BCUT2D eigenvalue weighted by Crippen LogP contribution is -2.52. The maximum Gasteiger partial charge on any atom is 0.315 e. The van der Waals surface area contributed by atoms with Gasteiger partial charge in [-0.05, 0) is 36.7 Å². The molecule has 0 radical (unpaired) electrons. The largest absolute Gasteiger partial charge is 0.481 e. The fourth-order valence-electron chi connectivity index (χ4n) is 2.95. The number of carbonyl (C=O) groups is 2. The molecule has 5 nitrogen and oxygen atoms in total. The molecule has 6 heteroatoms. The van der Waals surface area contributed by atoms with Crippen molar-refractivity contribution >= 4 is 23.8 Å². The fraction of sp³-hybridized carbons (Fsp3) is 0.846. The average Bonchev–Trinajstić information content (AvgIpc) is 2.97. The summed E-state index contributed by atoms with van der Waals surface area (Å²) in [5.41, 5.74) is -0.527. The van der Waals surface area contributed by atoms with Crippen LogP contribution in [0.4, 0.5) is 4.79 Å². The van der Waals surface area contributed by atoms with E-state index in [2.05, 4.69) is 10.6 Å². The van der Waals surface area contributed by atoms with Gasteiger partial charge in [0.05, 0.1) is 12.0 Å². The molecule has 108 valence electrons. The van der Waals surface area contributed by atoms with Crippen LogP contribution in [0.2, 0.25) is 0 Å². The molecule has 1 unspecified atom stereocenters. The van der Waals surface area contributed by atoms with Crippen molar-refractivity contribution in [3.05, 3.63) is 0 Å². The Hall–Kier alpha value is -0.910. The van der Waals surface area contributed by atoms with E-state index in [1.54, 1.807) is 0 Å². The normalized spacial score (nSPS) is 25.2. The number of amides is 2. The van der Waals surface area contributed by atoms with Crippen molar-refractivity contribution < 1.29 is 14.7 Å². The molecule has 0 aromatic heterocycles. The number of thioether (sulfide) groups is 1. The van der Waals surface area contributed by atoms with Crippen molar-refractivity contribution in [3.8, 4) is 0 Å². The summed E-state index contributed by atoms with van der Waals surface area (Å²) in [6, 6.07) is -0.208. The van der Waals surface area contributed by atoms with Crippen molar-refractivity contribution in [2.75, 3.05) is 18.1 Å². The standard InChI is InChI=1S/C13H22N2O3S/c16-11(17)7-13(4-1-2-5-13)15-12(18)14-8-10-3-6-19-9-10/h10H,1-9H2,(H,16,17)(H2,14,15,18). The van der Waals surface area contributed by atoms with Gasteiger partial charge in [-0.25, -0.2) is 4.79 Å². The molecular formula is C13H22N2O3S. The Balaban J connectivity index is 1.79. The van der Waals surface area contributed by atoms with E-state index in [1.165, 1.54) is 5.75 Å². The zero-order valence-electron chi connectivity index (χ0n) is 11.1. The third kappa shape index (κ3) is 4.30. The first kappa shape index (κ1) is 14.5. The smallest absolute Gasteiger partial charge is 0.315 e. The lowest BCUT2D eigenvalue weighted by atomic mass is 9.93. The van der Waals surface area contributed by atoms with Crippen molar-refractivity contribution in [2.45, 2.75) is 44.1 Å². The first-order chi connectivity index (χ1) is 9.10. The summed E-state index contributed by atoms with van der Waals surface area (Å²) in [4.78, 5) is 22.9. The highest BCUT2D eigenvalue weighted by Gasteiger charge is 2.37. The van der Waals surface area contributed by atoms with Gasteiger partial charge in [-0.15, -0.1) is 0 Å². The van der Waals surface area contributed by atoms with Gasteiger partial charge in [0.15, 0.2) is 0 Å². The number of rotatable bonds is 5. The molecule has 0 spiro atoms. The van der Waals surface area contributed by atoms with Gasteiger partial charge in [-0.1, -0.05) is 12.8 Å². The summed E-state index contributed by atoms with van der Waals surface area (Å²) in [6.45, 7) is 0.696. The van der Waals surface area contributed by atoms with Crippen LogP contribution in [-0.2, 0) is 4.79 Å². The van der Waals surface area contributed by atoms with Crippen LogP contribution >= 0.6 is 11.8 Å². The molecule has 2 rings (SSSR count). The predicted molar refractivity (Wildman–Crippen MR) is 75.4 cm³/mol. The van der Waals surface area contributed by atoms with Crippen LogP contribution in [-0.4, -0.2) is 40.7 Å². The van der Waals surface area contributed by atoms with Crippen molar-refractivity contribution in [1.82, 2.24) is 10.6 Å². The van der Waals surface area contributed by atoms with E-state index in [0.717, 1.165) is 37.9 Å². The zero-order chi connectivity index (χ0) is 13.7. The van der Waals surface area contributed by atoms with E-state index < -0.39 is 11.5 Å². The Morgan fingerprint density at radius 3 is 2.63 bits per heavy atom. The first-order valence-electron chi connectivity index (χ1n) is 6.95. The number of aliphatic carboxylic acids is 1. The summed E-state index contributed by atoms with van der Waals surface area (Å²) in [6.07, 6.45) is 4.71. The maximum atomic E-state index is 11.9. The molecule has 2 amide bonds. The van der Waals surface area contributed by atoms with Crippen molar-refractivity contribution in [2.24, 2.45) is 5.92 Å². The Kier molecular flexibility index (Phi) is 4.96. The average molecular weight is 286 g/mol. The molecule has 1 aliphatic carbocycles. The Labute approximate surface area is 117 Å². The van der Waals surface area contributed by atoms with Gasteiger partial charge in [0, 0.05) is 6.54 Å². The molecule has 1 saturated carbocycles. The highest BCUT2D eigenvalue weighted by Crippen LogP contribution is 2.32. The Morgan fingerprint density at radius 2 is 2.05 bits per heavy atom. The van der Waals surface area contributed by atoms with Crippen LogP contribution in [0.15, 0.2) is 0 Å². The topological polar surface area (TPSA) is 78.4 Å². The molecule has 2 aliphatic rings. The minimum atomic E-state index is -0.839. The quantitative estimate of drug-likeness (QED) is 0.720. The van der Waals surface area contributed by atoms with Crippen LogP contribution in [0.3, 0.4) is 0 Å². The highest BCUT2D eigenvalue weighted by atomic mass is 32.2. The SMILES string of the molecule is O=C(O)CC1(NC(=O)NCC2CCSC2)CCCC1. The van der Waals surface area contributed by atoms with E-state index in [0.29, 0.717) is 12.5 Å². The Morgan fingerprint density at radius 1 is 1.32 bits per heavy atom. The second-order valence-corrected chi connectivity index (χ2v) is 6.77. The zero-order valence-corrected chi connectivity index (χ0v) is 11.9. The van der Waals surface area contributed by atoms with Gasteiger partial charge in [-0.3, -0.25) is 4.79 Å². The summed E-state index contributed by atoms with van der Waals surface area (Å²) in [5.74, 6) is 2.02. The second kappa shape index (κ2) is 6.50. The van der Waals surface area contributed by atoms with Crippen LogP contribution in [0.25, 0.3) is 0 Å². The summed E-state index contributed by atoms with van der Waals surface area (Å²) in [7, 11) is 0. The van der Waals surface area contributed by atoms with E-state index in [1.807, 2.05) is 11.8 Å². The lowest BCUT2D eigenvalue weighted by molar-refractivity contribution is -0.138. The van der Waals surface area contributed by atoms with Gasteiger partial charge >= 0.3 is 12.0 Å². The number of hydrogen-bond donors (Lipinski definition) is 3. The predicted octanol–water partition coefficient (Wildman–Crippen LogP) is 1.83. The van der Waals surface area contributed by atoms with Gasteiger partial charge in [-0.2, -0.15) is 11.8 Å². The molecule has 2 fully saturated rings. The van der Waals surface area contributed by atoms with Crippen molar-refractivity contribution in [3.63, 3.8) is 0 Å².